The van der Waals surface area contributed by atoms with Crippen molar-refractivity contribution < 1.29 is 10.2 Å². The molecule has 2 atom stereocenters. The van der Waals surface area contributed by atoms with Crippen LogP contribution in [0.25, 0.3) is 0 Å². The maximum absolute atomic E-state index is 9.76. The van der Waals surface area contributed by atoms with E-state index in [1.807, 2.05) is 6.92 Å². The van der Waals surface area contributed by atoms with E-state index in [4.69, 9.17) is 5.73 Å². The Balaban J connectivity index is 3.28. The van der Waals surface area contributed by atoms with Gasteiger partial charge in [-0.2, -0.15) is 0 Å². The maximum atomic E-state index is 9.76. The van der Waals surface area contributed by atoms with Crippen LogP contribution in [0, 0.1) is 0 Å². The van der Waals surface area contributed by atoms with Crippen molar-refractivity contribution in [1.29, 1.82) is 0 Å². The lowest BCUT2D eigenvalue weighted by molar-refractivity contribution is 0.140. The van der Waals surface area contributed by atoms with Gasteiger partial charge in [-0.1, -0.05) is 22.9 Å². The molecule has 4 N–H and O–H groups in total. The van der Waals surface area contributed by atoms with Crippen molar-refractivity contribution >= 4 is 47.8 Å². The molecule has 0 radical (unpaired) electrons. The van der Waals surface area contributed by atoms with Crippen molar-refractivity contribution in [3.05, 3.63) is 25.0 Å². The third-order valence-electron chi connectivity index (χ3n) is 2.35. The molecular formula is C10H12Br3NO2. The number of aliphatic hydroxyl groups is 1. The summed E-state index contributed by atoms with van der Waals surface area (Å²) < 4.78 is 1.80. The zero-order valence-corrected chi connectivity index (χ0v) is 13.3. The molecule has 0 bridgehead atoms. The first-order chi connectivity index (χ1) is 7.40. The number of aliphatic hydroxyl groups excluding tert-OH is 1. The van der Waals surface area contributed by atoms with E-state index < -0.39 is 12.1 Å². The van der Waals surface area contributed by atoms with Crippen LogP contribution in [-0.2, 0) is 0 Å². The quantitative estimate of drug-likeness (QED) is 0.705. The first-order valence-corrected chi connectivity index (χ1v) is 7.08. The number of benzene rings is 1. The Hall–Kier alpha value is 0.380. The first kappa shape index (κ1) is 14.4. The summed E-state index contributed by atoms with van der Waals surface area (Å²) in [5, 5.41) is 19.5. The van der Waals surface area contributed by atoms with Crippen molar-refractivity contribution in [3.63, 3.8) is 0 Å². The van der Waals surface area contributed by atoms with E-state index in [9.17, 15) is 10.2 Å². The second-order valence-electron chi connectivity index (χ2n) is 3.42. The number of rotatable bonds is 3. The molecule has 0 fully saturated rings. The van der Waals surface area contributed by atoms with Gasteiger partial charge in [0, 0.05) is 10.0 Å². The van der Waals surface area contributed by atoms with Gasteiger partial charge in [-0.05, 0) is 44.3 Å². The second kappa shape index (κ2) is 5.82. The summed E-state index contributed by atoms with van der Waals surface area (Å²) in [5.41, 5.74) is 6.60. The fourth-order valence-corrected chi connectivity index (χ4v) is 4.00. The molecule has 6 heteroatoms. The van der Waals surface area contributed by atoms with Crippen LogP contribution in [0.15, 0.2) is 19.5 Å². The molecule has 3 nitrogen and oxygen atoms in total. The summed E-state index contributed by atoms with van der Waals surface area (Å²) >= 11 is 9.87. The molecule has 0 saturated heterocycles. The maximum Gasteiger partial charge on any atom is 0.144 e. The third kappa shape index (κ3) is 2.79. The Kier molecular flexibility index (Phi) is 5.25. The molecule has 0 aliphatic heterocycles. The molecule has 16 heavy (non-hydrogen) atoms. The van der Waals surface area contributed by atoms with Crippen LogP contribution in [0.2, 0.25) is 0 Å². The summed E-state index contributed by atoms with van der Waals surface area (Å²) in [7, 11) is 0. The molecule has 0 aliphatic carbocycles. The molecule has 0 heterocycles. The average molecular weight is 418 g/mol. The normalized spacial score (nSPS) is 14.9. The molecule has 0 spiro atoms. The van der Waals surface area contributed by atoms with E-state index >= 15 is 0 Å². The predicted octanol–water partition coefficient (Wildman–Crippen LogP) is 3.45. The van der Waals surface area contributed by atoms with E-state index in [0.29, 0.717) is 20.9 Å². The molecule has 0 aromatic heterocycles. The van der Waals surface area contributed by atoms with Gasteiger partial charge in [0.15, 0.2) is 0 Å². The highest BCUT2D eigenvalue weighted by molar-refractivity contribution is 9.11. The van der Waals surface area contributed by atoms with Gasteiger partial charge in [0.2, 0.25) is 0 Å². The summed E-state index contributed by atoms with van der Waals surface area (Å²) in [6.45, 7) is 1.85. The zero-order valence-electron chi connectivity index (χ0n) is 8.54. The van der Waals surface area contributed by atoms with Gasteiger partial charge in [0.1, 0.15) is 5.75 Å². The lowest BCUT2D eigenvalue weighted by atomic mass is 10.0. The van der Waals surface area contributed by atoms with Crippen LogP contribution in [-0.4, -0.2) is 16.3 Å². The number of phenols is 1. The minimum absolute atomic E-state index is 0.0805. The Morgan fingerprint density at radius 2 is 1.88 bits per heavy atom. The number of hydrogen-bond donors (Lipinski definition) is 3. The van der Waals surface area contributed by atoms with E-state index in [2.05, 4.69) is 47.8 Å². The Labute approximate surface area is 119 Å². The number of aromatic hydroxyl groups is 1. The largest absolute Gasteiger partial charge is 0.506 e. The molecule has 90 valence electrons. The van der Waals surface area contributed by atoms with Gasteiger partial charge in [-0.25, -0.2) is 0 Å². The zero-order chi connectivity index (χ0) is 12.5. The Morgan fingerprint density at radius 1 is 1.31 bits per heavy atom. The fourth-order valence-electron chi connectivity index (χ4n) is 1.35. The van der Waals surface area contributed by atoms with Gasteiger partial charge in [0.25, 0.3) is 0 Å². The highest BCUT2D eigenvalue weighted by atomic mass is 79.9. The molecule has 1 aromatic rings. The van der Waals surface area contributed by atoms with E-state index in [1.165, 1.54) is 0 Å². The average Bonchev–Trinajstić information content (AvgIpc) is 2.24. The van der Waals surface area contributed by atoms with Crippen molar-refractivity contribution in [1.82, 2.24) is 0 Å². The van der Waals surface area contributed by atoms with E-state index in [1.54, 1.807) is 6.07 Å². The Morgan fingerprint density at radius 3 is 2.38 bits per heavy atom. The minimum atomic E-state index is -0.645. The van der Waals surface area contributed by atoms with Crippen LogP contribution >= 0.6 is 47.8 Å². The number of hydrogen-bond acceptors (Lipinski definition) is 3. The van der Waals surface area contributed by atoms with Crippen LogP contribution in [0.3, 0.4) is 0 Å². The SMILES string of the molecule is CC[C@@H](O)[C@@H](N)c1c(Br)cc(Br)c(O)c1Br. The smallest absolute Gasteiger partial charge is 0.144 e. The van der Waals surface area contributed by atoms with Gasteiger partial charge in [-0.3, -0.25) is 0 Å². The molecule has 1 rings (SSSR count). The summed E-state index contributed by atoms with van der Waals surface area (Å²) in [5.74, 6) is 0.0805. The lowest BCUT2D eigenvalue weighted by Gasteiger charge is -2.21. The summed E-state index contributed by atoms with van der Waals surface area (Å²) in [6, 6.07) is 1.16. The number of nitrogens with two attached hydrogens (primary N) is 1. The monoisotopic (exact) mass is 415 g/mol. The lowest BCUT2D eigenvalue weighted by Crippen LogP contribution is -2.26. The number of phenolic OH excluding ortho intramolecular Hbond substituents is 1. The van der Waals surface area contributed by atoms with Crippen LogP contribution in [0.4, 0.5) is 0 Å². The van der Waals surface area contributed by atoms with Gasteiger partial charge < -0.3 is 15.9 Å². The van der Waals surface area contributed by atoms with Crippen LogP contribution in [0.1, 0.15) is 24.9 Å². The molecule has 0 amide bonds. The summed E-state index contributed by atoms with van der Waals surface area (Å²) in [4.78, 5) is 0. The highest BCUT2D eigenvalue weighted by Gasteiger charge is 2.23. The Bertz CT molecular complexity index is 398. The topological polar surface area (TPSA) is 66.5 Å². The van der Waals surface area contributed by atoms with E-state index in [0.717, 1.165) is 4.47 Å². The molecule has 1 aromatic carbocycles. The minimum Gasteiger partial charge on any atom is -0.506 e. The number of halogens is 3. The van der Waals surface area contributed by atoms with Crippen LogP contribution < -0.4 is 5.73 Å². The first-order valence-electron chi connectivity index (χ1n) is 4.70. The van der Waals surface area contributed by atoms with Crippen molar-refractivity contribution in [2.24, 2.45) is 5.73 Å². The van der Waals surface area contributed by atoms with Gasteiger partial charge >= 0.3 is 0 Å². The molecule has 0 saturated carbocycles. The second-order valence-corrected chi connectivity index (χ2v) is 5.92. The fraction of sp³-hybridized carbons (Fsp3) is 0.400. The van der Waals surface area contributed by atoms with Gasteiger partial charge in [-0.15, -0.1) is 0 Å². The molecule has 0 unspecified atom stereocenters. The van der Waals surface area contributed by atoms with Crippen molar-refractivity contribution in [2.45, 2.75) is 25.5 Å². The van der Waals surface area contributed by atoms with Crippen molar-refractivity contribution in [3.8, 4) is 5.75 Å². The summed E-state index contributed by atoms with van der Waals surface area (Å²) in [6.07, 6.45) is -0.0928. The molecular weight excluding hydrogens is 406 g/mol. The van der Waals surface area contributed by atoms with Crippen molar-refractivity contribution in [2.75, 3.05) is 0 Å². The van der Waals surface area contributed by atoms with E-state index in [-0.39, 0.29) is 5.75 Å². The third-order valence-corrected chi connectivity index (χ3v) is 4.41. The molecule has 0 aliphatic rings. The standard InChI is InChI=1S/C10H12Br3NO2/c1-2-6(15)9(14)7-4(11)3-5(12)10(16)8(7)13/h3,6,9,15-16H,2,14H2,1H3/t6-,9-/m1/s1. The highest BCUT2D eigenvalue weighted by Crippen LogP contribution is 2.42. The van der Waals surface area contributed by atoms with Gasteiger partial charge in [0.05, 0.1) is 21.1 Å². The predicted molar refractivity (Wildman–Crippen MR) is 74.4 cm³/mol. The van der Waals surface area contributed by atoms with Crippen LogP contribution in [0.5, 0.6) is 5.75 Å².